The van der Waals surface area contributed by atoms with E-state index in [1.165, 1.54) is 5.56 Å². The lowest BCUT2D eigenvalue weighted by atomic mass is 10.2. The lowest BCUT2D eigenvalue weighted by molar-refractivity contribution is 0.0621. The number of pyridine rings is 1. The van der Waals surface area contributed by atoms with Gasteiger partial charge in [0, 0.05) is 38.9 Å². The molecule has 4 heterocycles. The van der Waals surface area contributed by atoms with E-state index in [0.29, 0.717) is 5.69 Å². The lowest BCUT2D eigenvalue weighted by Crippen LogP contribution is -2.48. The van der Waals surface area contributed by atoms with Crippen LogP contribution in [0.1, 0.15) is 21.7 Å². The molecule has 1 saturated heterocycles. The predicted molar refractivity (Wildman–Crippen MR) is 103 cm³/mol. The lowest BCUT2D eigenvalue weighted by Gasteiger charge is -2.34. The van der Waals surface area contributed by atoms with Crippen LogP contribution in [0.5, 0.6) is 0 Å². The van der Waals surface area contributed by atoms with E-state index in [1.807, 2.05) is 40.6 Å². The van der Waals surface area contributed by atoms with Gasteiger partial charge in [0.05, 0.1) is 5.69 Å². The number of aromatic nitrogens is 2. The second-order valence-electron chi connectivity index (χ2n) is 6.17. The molecule has 0 bridgehead atoms. The molecule has 1 fully saturated rings. The summed E-state index contributed by atoms with van der Waals surface area (Å²) in [5.74, 6) is 0.0846. The maximum Gasteiger partial charge on any atom is 0.272 e. The number of amides is 1. The maximum absolute atomic E-state index is 13.0. The van der Waals surface area contributed by atoms with Crippen LogP contribution < -0.4 is 0 Å². The molecule has 5 nitrogen and oxygen atoms in total. The molecule has 0 N–H and O–H groups in total. The highest BCUT2D eigenvalue weighted by Gasteiger charge is 2.26. The number of carbonyl (C=O) groups is 1. The Morgan fingerprint density at radius 3 is 2.72 bits per heavy atom. The standard InChI is InChI=1S/C18H20N4OS.ClH/c1-14-17(22-6-3-2-4-16(22)19-14)18(23)21-9-7-20(8-10-21)12-15-5-11-24-13-15;/h2-6,11,13H,7-10,12H2,1H3;1H. The number of piperazine rings is 1. The molecule has 132 valence electrons. The van der Waals surface area contributed by atoms with Crippen LogP contribution in [-0.4, -0.2) is 51.3 Å². The third-order valence-electron chi connectivity index (χ3n) is 4.55. The summed E-state index contributed by atoms with van der Waals surface area (Å²) in [4.78, 5) is 21.8. The van der Waals surface area contributed by atoms with Gasteiger partial charge in [-0.05, 0) is 41.4 Å². The number of hydrogen-bond donors (Lipinski definition) is 0. The zero-order valence-electron chi connectivity index (χ0n) is 14.1. The number of fused-ring (bicyclic) bond motifs is 1. The third-order valence-corrected chi connectivity index (χ3v) is 5.28. The molecule has 3 aromatic rings. The fourth-order valence-electron chi connectivity index (χ4n) is 3.27. The van der Waals surface area contributed by atoms with E-state index >= 15 is 0 Å². The summed E-state index contributed by atoms with van der Waals surface area (Å²) < 4.78 is 1.90. The summed E-state index contributed by atoms with van der Waals surface area (Å²) in [6.45, 7) is 6.24. The molecular weight excluding hydrogens is 356 g/mol. The van der Waals surface area contributed by atoms with Crippen molar-refractivity contribution in [2.45, 2.75) is 13.5 Å². The van der Waals surface area contributed by atoms with E-state index in [0.717, 1.165) is 44.1 Å². The molecule has 1 aliphatic heterocycles. The number of rotatable bonds is 3. The van der Waals surface area contributed by atoms with E-state index in [1.54, 1.807) is 11.3 Å². The van der Waals surface area contributed by atoms with Gasteiger partial charge in [-0.3, -0.25) is 14.1 Å². The molecule has 0 unspecified atom stereocenters. The minimum absolute atomic E-state index is 0. The maximum atomic E-state index is 13.0. The first-order valence-corrected chi connectivity index (χ1v) is 9.13. The van der Waals surface area contributed by atoms with Gasteiger partial charge in [-0.2, -0.15) is 11.3 Å². The summed E-state index contributed by atoms with van der Waals surface area (Å²) in [7, 11) is 0. The number of halogens is 1. The highest BCUT2D eigenvalue weighted by atomic mass is 35.5. The molecule has 1 amide bonds. The topological polar surface area (TPSA) is 40.9 Å². The van der Waals surface area contributed by atoms with Crippen molar-refractivity contribution in [3.05, 3.63) is 58.2 Å². The molecule has 0 spiro atoms. The fraction of sp³-hybridized carbons (Fsp3) is 0.333. The van der Waals surface area contributed by atoms with Gasteiger partial charge in [0.2, 0.25) is 0 Å². The first-order valence-electron chi connectivity index (χ1n) is 8.19. The van der Waals surface area contributed by atoms with Gasteiger partial charge < -0.3 is 4.90 Å². The summed E-state index contributed by atoms with van der Waals surface area (Å²) in [5, 5.41) is 4.31. The Kier molecular flexibility index (Phi) is 5.42. The Balaban J connectivity index is 0.00000182. The third kappa shape index (κ3) is 3.56. The summed E-state index contributed by atoms with van der Waals surface area (Å²) in [6, 6.07) is 7.98. The molecule has 7 heteroatoms. The van der Waals surface area contributed by atoms with Gasteiger partial charge in [0.1, 0.15) is 11.3 Å². The van der Waals surface area contributed by atoms with Crippen molar-refractivity contribution in [2.24, 2.45) is 0 Å². The Labute approximate surface area is 157 Å². The van der Waals surface area contributed by atoms with Crippen LogP contribution in [0.2, 0.25) is 0 Å². The van der Waals surface area contributed by atoms with Crippen LogP contribution >= 0.6 is 23.7 Å². The van der Waals surface area contributed by atoms with Gasteiger partial charge in [-0.1, -0.05) is 6.07 Å². The largest absolute Gasteiger partial charge is 0.335 e. The van der Waals surface area contributed by atoms with Crippen LogP contribution in [0, 0.1) is 6.92 Å². The summed E-state index contributed by atoms with van der Waals surface area (Å²) in [6.07, 6.45) is 1.91. The van der Waals surface area contributed by atoms with Crippen molar-refractivity contribution in [1.82, 2.24) is 19.2 Å². The fourth-order valence-corrected chi connectivity index (χ4v) is 3.93. The van der Waals surface area contributed by atoms with E-state index < -0.39 is 0 Å². The quantitative estimate of drug-likeness (QED) is 0.705. The highest BCUT2D eigenvalue weighted by Crippen LogP contribution is 2.17. The Hall–Kier alpha value is -1.89. The van der Waals surface area contributed by atoms with Gasteiger partial charge in [0.25, 0.3) is 5.91 Å². The Bertz CT molecular complexity index is 853. The van der Waals surface area contributed by atoms with Gasteiger partial charge >= 0.3 is 0 Å². The smallest absolute Gasteiger partial charge is 0.272 e. The molecule has 0 aliphatic carbocycles. The van der Waals surface area contributed by atoms with Crippen molar-refractivity contribution in [1.29, 1.82) is 0 Å². The monoisotopic (exact) mass is 376 g/mol. The molecule has 1 aliphatic rings. The molecule has 25 heavy (non-hydrogen) atoms. The molecule has 0 saturated carbocycles. The van der Waals surface area contributed by atoms with E-state index in [4.69, 9.17) is 0 Å². The molecule has 4 rings (SSSR count). The average molecular weight is 377 g/mol. The number of aryl methyl sites for hydroxylation is 1. The van der Waals surface area contributed by atoms with Crippen molar-refractivity contribution < 1.29 is 4.79 Å². The first-order chi connectivity index (χ1) is 11.7. The van der Waals surface area contributed by atoms with Crippen LogP contribution in [-0.2, 0) is 6.54 Å². The van der Waals surface area contributed by atoms with Crippen molar-refractivity contribution in [3.8, 4) is 0 Å². The molecule has 3 aromatic heterocycles. The van der Waals surface area contributed by atoms with Crippen LogP contribution in [0.15, 0.2) is 41.2 Å². The number of nitrogens with zero attached hydrogens (tertiary/aromatic N) is 4. The number of imidazole rings is 1. The van der Waals surface area contributed by atoms with E-state index in [-0.39, 0.29) is 18.3 Å². The summed E-state index contributed by atoms with van der Waals surface area (Å²) in [5.41, 5.74) is 3.68. The number of carbonyl (C=O) groups excluding carboxylic acids is 1. The zero-order valence-corrected chi connectivity index (χ0v) is 15.7. The second kappa shape index (κ2) is 7.56. The van der Waals surface area contributed by atoms with Gasteiger partial charge in [0.15, 0.2) is 0 Å². The van der Waals surface area contributed by atoms with Crippen molar-refractivity contribution in [3.63, 3.8) is 0 Å². The number of thiophene rings is 1. The molecular formula is C18H21ClN4OS. The molecule has 0 radical (unpaired) electrons. The van der Waals surface area contributed by atoms with E-state index in [2.05, 4.69) is 26.7 Å². The second-order valence-corrected chi connectivity index (χ2v) is 6.95. The molecule has 0 aromatic carbocycles. The van der Waals surface area contributed by atoms with E-state index in [9.17, 15) is 4.79 Å². The molecule has 0 atom stereocenters. The SMILES string of the molecule is Cc1nc2ccccn2c1C(=O)N1CCN(Cc2ccsc2)CC1.Cl. The number of hydrogen-bond acceptors (Lipinski definition) is 4. The zero-order chi connectivity index (χ0) is 16.5. The normalized spacial score (nSPS) is 15.3. The minimum atomic E-state index is 0. The first kappa shape index (κ1) is 17.9. The van der Waals surface area contributed by atoms with Crippen LogP contribution in [0.4, 0.5) is 0 Å². The van der Waals surface area contributed by atoms with Crippen molar-refractivity contribution >= 4 is 35.3 Å². The predicted octanol–water partition coefficient (Wildman–Crippen LogP) is 3.08. The Morgan fingerprint density at radius 1 is 1.20 bits per heavy atom. The van der Waals surface area contributed by atoms with Crippen molar-refractivity contribution in [2.75, 3.05) is 26.2 Å². The van der Waals surface area contributed by atoms with Crippen LogP contribution in [0.25, 0.3) is 5.65 Å². The average Bonchev–Trinajstić information content (AvgIpc) is 3.21. The highest BCUT2D eigenvalue weighted by molar-refractivity contribution is 7.07. The van der Waals surface area contributed by atoms with Gasteiger partial charge in [-0.15, -0.1) is 12.4 Å². The summed E-state index contributed by atoms with van der Waals surface area (Å²) >= 11 is 1.73. The van der Waals surface area contributed by atoms with Crippen LogP contribution in [0.3, 0.4) is 0 Å². The Morgan fingerprint density at radius 2 is 2.00 bits per heavy atom. The van der Waals surface area contributed by atoms with Gasteiger partial charge in [-0.25, -0.2) is 4.98 Å². The minimum Gasteiger partial charge on any atom is -0.335 e.